The van der Waals surface area contributed by atoms with Gasteiger partial charge in [-0.05, 0) is 54.6 Å². The summed E-state index contributed by atoms with van der Waals surface area (Å²) in [5.74, 6) is -0.865. The van der Waals surface area contributed by atoms with Crippen molar-refractivity contribution in [3.05, 3.63) is 112 Å². The fraction of sp³-hybridized carbons (Fsp3) is 0.219. The largest absolute Gasteiger partial charge is 0.352 e. The van der Waals surface area contributed by atoms with Crippen molar-refractivity contribution >= 4 is 57.4 Å². The predicted octanol–water partition coefficient (Wildman–Crippen LogP) is 6.27. The third-order valence-electron chi connectivity index (χ3n) is 6.98. The number of anilines is 1. The van der Waals surface area contributed by atoms with Gasteiger partial charge in [0.05, 0.1) is 15.7 Å². The van der Waals surface area contributed by atoms with Gasteiger partial charge in [0.2, 0.25) is 11.8 Å². The fourth-order valence-corrected chi connectivity index (χ4v) is 5.45. The number of benzene rings is 4. The summed E-state index contributed by atoms with van der Waals surface area (Å²) >= 11 is 12.5. The van der Waals surface area contributed by atoms with Crippen LogP contribution in [0.2, 0.25) is 10.0 Å². The predicted molar refractivity (Wildman–Crippen MR) is 160 cm³/mol. The van der Waals surface area contributed by atoms with E-state index in [0.29, 0.717) is 27.7 Å². The van der Waals surface area contributed by atoms with Crippen molar-refractivity contribution in [3.63, 3.8) is 0 Å². The zero-order chi connectivity index (χ0) is 28.4. The molecular formula is C32H29Cl2N3O3. The molecule has 4 aromatic carbocycles. The molecular weight excluding hydrogens is 545 g/mol. The Bertz CT molecular complexity index is 1580. The maximum Gasteiger partial charge on any atom is 0.259 e. The quantitative estimate of drug-likeness (QED) is 0.256. The highest BCUT2D eigenvalue weighted by Crippen LogP contribution is 2.37. The Morgan fingerprint density at radius 2 is 1.60 bits per heavy atom. The summed E-state index contributed by atoms with van der Waals surface area (Å²) in [5, 5.41) is 5.50. The number of amides is 3. The summed E-state index contributed by atoms with van der Waals surface area (Å²) in [7, 11) is 0. The Kier molecular flexibility index (Phi) is 8.10. The molecule has 0 bridgehead atoms. The Balaban J connectivity index is 1.52. The second-order valence-corrected chi connectivity index (χ2v) is 11.0. The molecule has 0 unspecified atom stereocenters. The summed E-state index contributed by atoms with van der Waals surface area (Å²) < 4.78 is 0. The second-order valence-electron chi connectivity index (χ2n) is 10.2. The van der Waals surface area contributed by atoms with Crippen LogP contribution in [0.15, 0.2) is 84.9 Å². The zero-order valence-electron chi connectivity index (χ0n) is 22.2. The van der Waals surface area contributed by atoms with E-state index in [-0.39, 0.29) is 36.9 Å². The van der Waals surface area contributed by atoms with Crippen LogP contribution in [0.1, 0.15) is 35.3 Å². The molecule has 204 valence electrons. The van der Waals surface area contributed by atoms with E-state index < -0.39 is 6.04 Å². The van der Waals surface area contributed by atoms with Gasteiger partial charge in [0, 0.05) is 30.0 Å². The van der Waals surface area contributed by atoms with Crippen LogP contribution < -0.4 is 10.2 Å². The molecule has 5 rings (SSSR count). The van der Waals surface area contributed by atoms with Gasteiger partial charge in [0.1, 0.15) is 12.6 Å². The van der Waals surface area contributed by atoms with Crippen molar-refractivity contribution in [1.82, 2.24) is 10.2 Å². The molecule has 4 aromatic rings. The van der Waals surface area contributed by atoms with Crippen molar-refractivity contribution in [2.75, 3.05) is 11.4 Å². The van der Waals surface area contributed by atoms with E-state index in [9.17, 15) is 14.4 Å². The summed E-state index contributed by atoms with van der Waals surface area (Å²) in [6.45, 7) is 3.65. The van der Waals surface area contributed by atoms with Gasteiger partial charge in [0.15, 0.2) is 0 Å². The molecule has 0 fully saturated rings. The highest BCUT2D eigenvalue weighted by molar-refractivity contribution is 6.42. The van der Waals surface area contributed by atoms with E-state index in [1.54, 1.807) is 29.2 Å². The topological polar surface area (TPSA) is 69.7 Å². The van der Waals surface area contributed by atoms with Crippen LogP contribution in [0.5, 0.6) is 0 Å². The third kappa shape index (κ3) is 5.69. The normalized spacial score (nSPS) is 13.1. The highest BCUT2D eigenvalue weighted by atomic mass is 35.5. The molecule has 1 aliphatic heterocycles. The first-order chi connectivity index (χ1) is 19.2. The lowest BCUT2D eigenvalue weighted by Gasteiger charge is -2.33. The van der Waals surface area contributed by atoms with Crippen LogP contribution in [0.3, 0.4) is 0 Å². The molecule has 0 saturated carbocycles. The van der Waals surface area contributed by atoms with E-state index in [4.69, 9.17) is 23.2 Å². The van der Waals surface area contributed by atoms with Crippen LogP contribution in [-0.4, -0.2) is 41.2 Å². The highest BCUT2D eigenvalue weighted by Gasteiger charge is 2.36. The molecule has 8 heteroatoms. The average Bonchev–Trinajstić information content (AvgIpc) is 3.20. The molecule has 1 aliphatic rings. The minimum Gasteiger partial charge on any atom is -0.352 e. The molecule has 6 nitrogen and oxygen atoms in total. The van der Waals surface area contributed by atoms with E-state index in [1.165, 1.54) is 4.90 Å². The molecule has 0 aromatic heterocycles. The molecule has 1 N–H and O–H groups in total. The number of hydrogen-bond donors (Lipinski definition) is 1. The average molecular weight is 575 g/mol. The minimum atomic E-state index is -0.831. The van der Waals surface area contributed by atoms with Crippen molar-refractivity contribution in [2.45, 2.75) is 38.9 Å². The first-order valence-corrected chi connectivity index (χ1v) is 13.9. The lowest BCUT2D eigenvalue weighted by atomic mass is 10.0. The number of carbonyl (C=O) groups is 3. The fourth-order valence-electron chi connectivity index (χ4n) is 5.13. The first kappa shape index (κ1) is 27.7. The van der Waals surface area contributed by atoms with Gasteiger partial charge in [-0.15, -0.1) is 0 Å². The third-order valence-corrected chi connectivity index (χ3v) is 7.72. The Labute approximate surface area is 243 Å². The summed E-state index contributed by atoms with van der Waals surface area (Å²) in [5.41, 5.74) is 2.88. The van der Waals surface area contributed by atoms with Crippen LogP contribution in [0.4, 0.5) is 5.69 Å². The van der Waals surface area contributed by atoms with E-state index in [0.717, 1.165) is 21.9 Å². The van der Waals surface area contributed by atoms with Gasteiger partial charge >= 0.3 is 0 Å². The van der Waals surface area contributed by atoms with Crippen LogP contribution in [0.25, 0.3) is 10.8 Å². The number of nitrogens with one attached hydrogen (secondary N) is 1. The monoisotopic (exact) mass is 573 g/mol. The molecule has 3 amide bonds. The number of rotatable bonds is 9. The van der Waals surface area contributed by atoms with Crippen molar-refractivity contribution in [2.24, 2.45) is 0 Å². The minimum absolute atomic E-state index is 0.109. The standard InChI is InChI=1S/C32H29Cl2N3O3/c1-20(2)35-31(39)28(17-21-8-4-3-5-9-21)36(18-22-14-15-25(33)26(34)16-22)29(38)19-37-27-13-7-11-23-10-6-12-24(30(23)27)32(37)40/h3-16,20,28H,17-19H2,1-2H3,(H,35,39)/t28-/m1/s1. The van der Waals surface area contributed by atoms with Crippen molar-refractivity contribution < 1.29 is 14.4 Å². The van der Waals surface area contributed by atoms with Crippen LogP contribution >= 0.6 is 23.2 Å². The number of halogens is 2. The Morgan fingerprint density at radius 3 is 2.30 bits per heavy atom. The van der Waals surface area contributed by atoms with Crippen LogP contribution in [0, 0.1) is 0 Å². The van der Waals surface area contributed by atoms with Gasteiger partial charge < -0.3 is 10.2 Å². The lowest BCUT2D eigenvalue weighted by Crippen LogP contribution is -2.54. The molecule has 0 aliphatic carbocycles. The molecule has 0 spiro atoms. The summed E-state index contributed by atoms with van der Waals surface area (Å²) in [6, 6.07) is 25.0. The first-order valence-electron chi connectivity index (χ1n) is 13.1. The second kappa shape index (κ2) is 11.7. The van der Waals surface area contributed by atoms with Gasteiger partial charge in [0.25, 0.3) is 5.91 Å². The van der Waals surface area contributed by atoms with E-state index in [1.807, 2.05) is 74.5 Å². The summed E-state index contributed by atoms with van der Waals surface area (Å²) in [6.07, 6.45) is 0.302. The Hall–Kier alpha value is -3.87. The molecule has 0 radical (unpaired) electrons. The van der Waals surface area contributed by atoms with Gasteiger partial charge in [-0.25, -0.2) is 0 Å². The molecule has 40 heavy (non-hydrogen) atoms. The molecule has 1 heterocycles. The lowest BCUT2D eigenvalue weighted by molar-refractivity contribution is -0.140. The van der Waals surface area contributed by atoms with Gasteiger partial charge in [-0.3, -0.25) is 19.3 Å². The van der Waals surface area contributed by atoms with Crippen molar-refractivity contribution in [3.8, 4) is 0 Å². The molecule has 0 saturated heterocycles. The maximum atomic E-state index is 14.2. The number of carbonyl (C=O) groups excluding carboxylic acids is 3. The van der Waals surface area contributed by atoms with Crippen LogP contribution in [-0.2, 0) is 22.6 Å². The van der Waals surface area contributed by atoms with Gasteiger partial charge in [-0.1, -0.05) is 83.9 Å². The summed E-state index contributed by atoms with van der Waals surface area (Å²) in [4.78, 5) is 44.3. The molecule has 1 atom stereocenters. The van der Waals surface area contributed by atoms with E-state index in [2.05, 4.69) is 5.32 Å². The maximum absolute atomic E-state index is 14.2. The van der Waals surface area contributed by atoms with Crippen molar-refractivity contribution in [1.29, 1.82) is 0 Å². The van der Waals surface area contributed by atoms with Gasteiger partial charge in [-0.2, -0.15) is 0 Å². The number of hydrogen-bond acceptors (Lipinski definition) is 3. The number of nitrogens with zero attached hydrogens (tertiary/aromatic N) is 2. The smallest absolute Gasteiger partial charge is 0.259 e. The van der Waals surface area contributed by atoms with E-state index >= 15 is 0 Å². The SMILES string of the molecule is CC(C)NC(=O)[C@@H](Cc1ccccc1)N(Cc1ccc(Cl)c(Cl)c1)C(=O)CN1C(=O)c2cccc3cccc1c23. The Morgan fingerprint density at radius 1 is 0.875 bits per heavy atom. The zero-order valence-corrected chi connectivity index (χ0v) is 23.7.